The van der Waals surface area contributed by atoms with Gasteiger partial charge in [-0.1, -0.05) is 6.07 Å². The van der Waals surface area contributed by atoms with Crippen molar-refractivity contribution in [3.05, 3.63) is 35.1 Å². The molecule has 1 aromatic rings. The van der Waals surface area contributed by atoms with Crippen LogP contribution < -0.4 is 0 Å². The van der Waals surface area contributed by atoms with Gasteiger partial charge in [0.15, 0.2) is 5.96 Å². The fraction of sp³-hybridized carbons (Fsp3) is 0.462. The number of hydrogen-bond acceptors (Lipinski definition) is 2. The SMILES string of the molecule is CN(C)C(=NCc1ccc(F)c(CO)c1)N(C)C.I. The Kier molecular flexibility index (Phi) is 7.93. The smallest absolute Gasteiger partial charge is 0.195 e. The van der Waals surface area contributed by atoms with Crippen LogP contribution in [-0.2, 0) is 13.2 Å². The predicted molar refractivity (Wildman–Crippen MR) is 86.3 cm³/mol. The quantitative estimate of drug-likeness (QED) is 0.494. The lowest BCUT2D eigenvalue weighted by molar-refractivity contribution is 0.275. The lowest BCUT2D eigenvalue weighted by Crippen LogP contribution is -2.35. The molecule has 108 valence electrons. The molecule has 0 aliphatic carbocycles. The van der Waals surface area contributed by atoms with Crippen LogP contribution in [0.3, 0.4) is 0 Å². The Morgan fingerprint density at radius 2 is 1.79 bits per heavy atom. The molecule has 19 heavy (non-hydrogen) atoms. The monoisotopic (exact) mass is 381 g/mol. The summed E-state index contributed by atoms with van der Waals surface area (Å²) in [6.45, 7) is 0.163. The van der Waals surface area contributed by atoms with E-state index in [-0.39, 0.29) is 36.4 Å². The fourth-order valence-corrected chi connectivity index (χ4v) is 1.69. The summed E-state index contributed by atoms with van der Waals surface area (Å²) in [4.78, 5) is 8.29. The van der Waals surface area contributed by atoms with Crippen molar-refractivity contribution in [1.29, 1.82) is 0 Å². The number of nitrogens with zero attached hydrogens (tertiary/aromatic N) is 3. The van der Waals surface area contributed by atoms with Crippen molar-refractivity contribution in [3.63, 3.8) is 0 Å². The molecule has 1 N–H and O–H groups in total. The minimum absolute atomic E-state index is 0. The Balaban J connectivity index is 0.00000324. The first-order chi connectivity index (χ1) is 8.45. The van der Waals surface area contributed by atoms with Crippen LogP contribution in [0.15, 0.2) is 23.2 Å². The largest absolute Gasteiger partial charge is 0.392 e. The van der Waals surface area contributed by atoms with E-state index in [1.54, 1.807) is 12.1 Å². The van der Waals surface area contributed by atoms with Gasteiger partial charge in [-0.25, -0.2) is 9.38 Å². The van der Waals surface area contributed by atoms with Crippen molar-refractivity contribution in [2.75, 3.05) is 28.2 Å². The molecular formula is C13H21FIN3O. The molecule has 6 heteroatoms. The van der Waals surface area contributed by atoms with E-state index in [1.807, 2.05) is 38.0 Å². The van der Waals surface area contributed by atoms with Gasteiger partial charge in [-0.15, -0.1) is 24.0 Å². The number of aliphatic imine (C=N–C) groups is 1. The summed E-state index contributed by atoms with van der Waals surface area (Å²) >= 11 is 0. The number of hydrogen-bond donors (Lipinski definition) is 1. The van der Waals surface area contributed by atoms with Crippen LogP contribution in [0.5, 0.6) is 0 Å². The number of aliphatic hydroxyl groups is 1. The van der Waals surface area contributed by atoms with Crippen molar-refractivity contribution >= 4 is 29.9 Å². The molecule has 0 saturated heterocycles. The van der Waals surface area contributed by atoms with Gasteiger partial charge in [0.1, 0.15) is 5.82 Å². The van der Waals surface area contributed by atoms with Gasteiger partial charge in [-0.05, 0) is 17.7 Å². The van der Waals surface area contributed by atoms with Crippen LogP contribution in [0.4, 0.5) is 4.39 Å². The Morgan fingerprint density at radius 3 is 2.26 bits per heavy atom. The second kappa shape index (κ2) is 8.31. The summed E-state index contributed by atoms with van der Waals surface area (Å²) in [7, 11) is 7.68. The van der Waals surface area contributed by atoms with E-state index in [1.165, 1.54) is 6.07 Å². The summed E-state index contributed by atoms with van der Waals surface area (Å²) in [5.74, 6) is 0.454. The Morgan fingerprint density at radius 1 is 1.21 bits per heavy atom. The maximum absolute atomic E-state index is 13.2. The maximum atomic E-state index is 13.2. The first kappa shape index (κ1) is 18.1. The third-order valence-electron chi connectivity index (χ3n) is 2.48. The maximum Gasteiger partial charge on any atom is 0.195 e. The van der Waals surface area contributed by atoms with E-state index in [4.69, 9.17) is 5.11 Å². The molecule has 0 amide bonds. The van der Waals surface area contributed by atoms with E-state index in [9.17, 15) is 4.39 Å². The van der Waals surface area contributed by atoms with Crippen molar-refractivity contribution in [2.45, 2.75) is 13.2 Å². The van der Waals surface area contributed by atoms with E-state index in [2.05, 4.69) is 4.99 Å². The zero-order valence-electron chi connectivity index (χ0n) is 11.7. The molecule has 0 bridgehead atoms. The highest BCUT2D eigenvalue weighted by molar-refractivity contribution is 14.0. The van der Waals surface area contributed by atoms with E-state index in [0.717, 1.165) is 11.5 Å². The Hall–Kier alpha value is -0.890. The number of rotatable bonds is 3. The topological polar surface area (TPSA) is 39.1 Å². The highest BCUT2D eigenvalue weighted by Gasteiger charge is 2.05. The van der Waals surface area contributed by atoms with Crippen LogP contribution in [0.25, 0.3) is 0 Å². The van der Waals surface area contributed by atoms with Crippen molar-refractivity contribution in [3.8, 4) is 0 Å². The van der Waals surface area contributed by atoms with Gasteiger partial charge in [0, 0.05) is 33.8 Å². The highest BCUT2D eigenvalue weighted by Crippen LogP contribution is 2.11. The number of aliphatic hydroxyl groups excluding tert-OH is 1. The molecule has 0 aliphatic rings. The molecule has 4 nitrogen and oxygen atoms in total. The second-order valence-electron chi connectivity index (χ2n) is 4.49. The normalized spacial score (nSPS) is 9.58. The average molecular weight is 381 g/mol. The Labute approximate surface area is 131 Å². The van der Waals surface area contributed by atoms with Crippen molar-refractivity contribution in [2.24, 2.45) is 4.99 Å². The fourth-order valence-electron chi connectivity index (χ4n) is 1.69. The molecule has 1 aromatic carbocycles. The van der Waals surface area contributed by atoms with Crippen LogP contribution in [0, 0.1) is 5.82 Å². The van der Waals surface area contributed by atoms with E-state index >= 15 is 0 Å². The number of benzene rings is 1. The second-order valence-corrected chi connectivity index (χ2v) is 4.49. The third kappa shape index (κ3) is 5.32. The molecular weight excluding hydrogens is 360 g/mol. The van der Waals surface area contributed by atoms with Gasteiger partial charge in [0.25, 0.3) is 0 Å². The predicted octanol–water partition coefficient (Wildman–Crippen LogP) is 1.92. The van der Waals surface area contributed by atoms with Gasteiger partial charge in [0.05, 0.1) is 13.2 Å². The van der Waals surface area contributed by atoms with Gasteiger partial charge in [-0.2, -0.15) is 0 Å². The minimum atomic E-state index is -0.384. The van der Waals surface area contributed by atoms with Crippen LogP contribution in [0.1, 0.15) is 11.1 Å². The molecule has 0 fully saturated rings. The van der Waals surface area contributed by atoms with Gasteiger partial charge < -0.3 is 14.9 Å². The summed E-state index contributed by atoms with van der Waals surface area (Å²) in [5.41, 5.74) is 1.18. The summed E-state index contributed by atoms with van der Waals surface area (Å²) in [6.07, 6.45) is 0. The first-order valence-electron chi connectivity index (χ1n) is 5.73. The summed E-state index contributed by atoms with van der Waals surface area (Å²) < 4.78 is 13.2. The van der Waals surface area contributed by atoms with Crippen molar-refractivity contribution < 1.29 is 9.50 Å². The Bertz CT molecular complexity index is 426. The zero-order chi connectivity index (χ0) is 13.7. The lowest BCUT2D eigenvalue weighted by atomic mass is 10.1. The molecule has 0 spiro atoms. The molecule has 0 unspecified atom stereocenters. The molecule has 1 rings (SSSR count). The number of halogens is 2. The van der Waals surface area contributed by atoms with Gasteiger partial charge in [-0.3, -0.25) is 0 Å². The lowest BCUT2D eigenvalue weighted by Gasteiger charge is -2.22. The molecule has 0 heterocycles. The number of guanidine groups is 1. The van der Waals surface area contributed by atoms with Crippen LogP contribution in [-0.4, -0.2) is 49.1 Å². The zero-order valence-corrected chi connectivity index (χ0v) is 14.1. The van der Waals surface area contributed by atoms with Crippen molar-refractivity contribution in [1.82, 2.24) is 9.80 Å². The molecule has 0 saturated carbocycles. The average Bonchev–Trinajstić information content (AvgIpc) is 2.30. The molecule has 0 aromatic heterocycles. The first-order valence-corrected chi connectivity index (χ1v) is 5.73. The summed E-state index contributed by atoms with van der Waals surface area (Å²) in [5, 5.41) is 9.00. The molecule has 0 aliphatic heterocycles. The van der Waals surface area contributed by atoms with Gasteiger partial charge >= 0.3 is 0 Å². The van der Waals surface area contributed by atoms with E-state index in [0.29, 0.717) is 12.1 Å². The molecule has 0 atom stereocenters. The minimum Gasteiger partial charge on any atom is -0.392 e. The molecule has 0 radical (unpaired) electrons. The standard InChI is InChI=1S/C13H20FN3O.HI/c1-16(2)13(17(3)4)15-8-10-5-6-12(14)11(7-10)9-18;/h5-7,18H,8-9H2,1-4H3;1H. The van der Waals surface area contributed by atoms with Gasteiger partial charge in [0.2, 0.25) is 0 Å². The van der Waals surface area contributed by atoms with Crippen LogP contribution in [0.2, 0.25) is 0 Å². The van der Waals surface area contributed by atoms with E-state index < -0.39 is 0 Å². The third-order valence-corrected chi connectivity index (χ3v) is 2.48. The highest BCUT2D eigenvalue weighted by atomic mass is 127. The summed E-state index contributed by atoms with van der Waals surface area (Å²) in [6, 6.07) is 4.68. The van der Waals surface area contributed by atoms with Crippen LogP contribution >= 0.6 is 24.0 Å².